The quantitative estimate of drug-likeness (QED) is 0.311. The minimum Gasteiger partial charge on any atom is -0.377 e. The first-order valence-corrected chi connectivity index (χ1v) is 5.99. The van der Waals surface area contributed by atoms with E-state index in [-0.39, 0.29) is 0 Å². The molecular formula is C5H11NOS3. The van der Waals surface area contributed by atoms with Crippen LogP contribution in [-0.4, -0.2) is 18.5 Å². The second kappa shape index (κ2) is 5.60. The van der Waals surface area contributed by atoms with Gasteiger partial charge in [0.1, 0.15) is 0 Å². The molecule has 5 heteroatoms. The van der Waals surface area contributed by atoms with Crippen molar-refractivity contribution in [2.45, 2.75) is 18.9 Å². The van der Waals surface area contributed by atoms with Gasteiger partial charge in [-0.1, -0.05) is 23.6 Å². The number of ether oxygens (including phenoxy) is 1. The fourth-order valence-corrected chi connectivity index (χ4v) is 2.74. The van der Waals surface area contributed by atoms with Crippen molar-refractivity contribution in [3.63, 3.8) is 0 Å². The molecule has 1 saturated heterocycles. The molecule has 0 amide bonds. The molecule has 0 aromatic rings. The Hall–Kier alpha value is 0.970. The Morgan fingerprint density at radius 1 is 1.70 bits per heavy atom. The largest absolute Gasteiger partial charge is 0.377 e. The minimum atomic E-state index is 0.485. The van der Waals surface area contributed by atoms with Crippen molar-refractivity contribution in [2.75, 3.05) is 12.4 Å². The third-order valence-corrected chi connectivity index (χ3v) is 3.73. The van der Waals surface area contributed by atoms with Crippen molar-refractivity contribution in [3.8, 4) is 0 Å². The standard InChI is InChI=1S/C5H11NOS3/c8-6-10-9-4-5-2-1-3-7-5/h5-6,8H,1-4H2. The molecule has 1 unspecified atom stereocenters. The summed E-state index contributed by atoms with van der Waals surface area (Å²) in [6.45, 7) is 0.949. The van der Waals surface area contributed by atoms with Crippen molar-refractivity contribution in [2.24, 2.45) is 0 Å². The minimum absolute atomic E-state index is 0.485. The van der Waals surface area contributed by atoms with E-state index in [1.54, 1.807) is 21.8 Å². The molecule has 1 N–H and O–H groups in total. The van der Waals surface area contributed by atoms with Crippen LogP contribution < -0.4 is 4.13 Å². The van der Waals surface area contributed by atoms with Crippen LogP contribution in [0.4, 0.5) is 0 Å². The lowest BCUT2D eigenvalue weighted by Crippen LogP contribution is -2.07. The predicted molar refractivity (Wildman–Crippen MR) is 51.1 cm³/mol. The third-order valence-electron chi connectivity index (χ3n) is 1.37. The molecule has 0 spiro atoms. The van der Waals surface area contributed by atoms with Gasteiger partial charge in [-0.25, -0.2) is 4.13 Å². The van der Waals surface area contributed by atoms with Crippen molar-refractivity contribution in [1.82, 2.24) is 4.13 Å². The van der Waals surface area contributed by atoms with Crippen LogP contribution in [-0.2, 0) is 4.74 Å². The molecule has 1 rings (SSSR count). The van der Waals surface area contributed by atoms with Gasteiger partial charge in [-0.3, -0.25) is 0 Å². The number of thiol groups is 1. The molecule has 60 valence electrons. The molecule has 1 heterocycles. The van der Waals surface area contributed by atoms with E-state index in [4.69, 9.17) is 4.74 Å². The second-order valence-electron chi connectivity index (χ2n) is 2.09. The van der Waals surface area contributed by atoms with Crippen LogP contribution in [0, 0.1) is 0 Å². The Morgan fingerprint density at radius 2 is 2.60 bits per heavy atom. The van der Waals surface area contributed by atoms with Crippen LogP contribution in [0.1, 0.15) is 12.8 Å². The SMILES string of the molecule is SNSSCC1CCCO1. The highest BCUT2D eigenvalue weighted by molar-refractivity contribution is 8.76. The van der Waals surface area contributed by atoms with Gasteiger partial charge >= 0.3 is 0 Å². The lowest BCUT2D eigenvalue weighted by molar-refractivity contribution is 0.129. The number of hydrogen-bond acceptors (Lipinski definition) is 5. The van der Waals surface area contributed by atoms with E-state index in [9.17, 15) is 0 Å². The normalized spacial score (nSPS) is 25.5. The number of rotatable bonds is 4. The molecule has 1 atom stereocenters. The Bertz CT molecular complexity index is 87.0. The van der Waals surface area contributed by atoms with Crippen LogP contribution in [0.15, 0.2) is 0 Å². The van der Waals surface area contributed by atoms with Crippen LogP contribution in [0.5, 0.6) is 0 Å². The summed E-state index contributed by atoms with van der Waals surface area (Å²) >= 11 is 3.85. The summed E-state index contributed by atoms with van der Waals surface area (Å²) in [5, 5.41) is 0. The molecule has 1 aliphatic rings. The molecule has 1 fully saturated rings. The average molecular weight is 197 g/mol. The van der Waals surface area contributed by atoms with Gasteiger partial charge in [0, 0.05) is 12.4 Å². The van der Waals surface area contributed by atoms with E-state index in [1.165, 1.54) is 12.8 Å². The van der Waals surface area contributed by atoms with E-state index in [2.05, 4.69) is 16.9 Å². The van der Waals surface area contributed by atoms with Crippen LogP contribution >= 0.6 is 34.6 Å². The summed E-state index contributed by atoms with van der Waals surface area (Å²) < 4.78 is 8.12. The van der Waals surface area contributed by atoms with Crippen molar-refractivity contribution in [1.29, 1.82) is 0 Å². The maximum absolute atomic E-state index is 5.41. The van der Waals surface area contributed by atoms with E-state index in [0.29, 0.717) is 6.10 Å². The fraction of sp³-hybridized carbons (Fsp3) is 1.00. The third kappa shape index (κ3) is 3.39. The molecule has 2 nitrogen and oxygen atoms in total. The van der Waals surface area contributed by atoms with Crippen LogP contribution in [0.3, 0.4) is 0 Å². The summed E-state index contributed by atoms with van der Waals surface area (Å²) in [4.78, 5) is 0. The molecule has 0 bridgehead atoms. The van der Waals surface area contributed by atoms with Gasteiger partial charge in [-0.15, -0.1) is 0 Å². The zero-order valence-electron chi connectivity index (χ0n) is 5.58. The Labute approximate surface area is 74.9 Å². The van der Waals surface area contributed by atoms with Gasteiger partial charge in [0.25, 0.3) is 0 Å². The van der Waals surface area contributed by atoms with Crippen molar-refractivity contribution < 1.29 is 4.74 Å². The topological polar surface area (TPSA) is 21.3 Å². The summed E-state index contributed by atoms with van der Waals surface area (Å²) in [6.07, 6.45) is 2.93. The molecule has 10 heavy (non-hydrogen) atoms. The van der Waals surface area contributed by atoms with Crippen LogP contribution in [0.25, 0.3) is 0 Å². The first kappa shape index (κ1) is 9.06. The highest BCUT2D eigenvalue weighted by Crippen LogP contribution is 2.23. The van der Waals surface area contributed by atoms with Gasteiger partial charge in [-0.2, -0.15) is 0 Å². The highest BCUT2D eigenvalue weighted by Gasteiger charge is 2.14. The van der Waals surface area contributed by atoms with E-state index in [0.717, 1.165) is 12.4 Å². The van der Waals surface area contributed by atoms with Crippen molar-refractivity contribution in [3.05, 3.63) is 0 Å². The molecule has 0 aromatic heterocycles. The Morgan fingerprint density at radius 3 is 3.20 bits per heavy atom. The summed E-state index contributed by atoms with van der Waals surface area (Å²) in [6, 6.07) is 0. The second-order valence-corrected chi connectivity index (χ2v) is 4.77. The average Bonchev–Trinajstić information content (AvgIpc) is 2.41. The lowest BCUT2D eigenvalue weighted by Gasteiger charge is -2.05. The van der Waals surface area contributed by atoms with Gasteiger partial charge in [-0.05, 0) is 23.8 Å². The van der Waals surface area contributed by atoms with Gasteiger partial charge < -0.3 is 4.74 Å². The molecule has 0 aliphatic carbocycles. The number of nitrogens with one attached hydrogen (secondary N) is 1. The van der Waals surface area contributed by atoms with Crippen LogP contribution in [0.2, 0.25) is 0 Å². The molecule has 0 aromatic carbocycles. The maximum Gasteiger partial charge on any atom is 0.0675 e. The smallest absolute Gasteiger partial charge is 0.0675 e. The molecule has 0 radical (unpaired) electrons. The monoisotopic (exact) mass is 197 g/mol. The lowest BCUT2D eigenvalue weighted by atomic mass is 10.3. The Kier molecular flexibility index (Phi) is 5.07. The van der Waals surface area contributed by atoms with Gasteiger partial charge in [0.2, 0.25) is 0 Å². The number of hydrogen-bond donors (Lipinski definition) is 2. The van der Waals surface area contributed by atoms with Gasteiger partial charge in [0.15, 0.2) is 0 Å². The molecule has 0 saturated carbocycles. The van der Waals surface area contributed by atoms with E-state index in [1.807, 2.05) is 0 Å². The fourth-order valence-electron chi connectivity index (χ4n) is 0.912. The predicted octanol–water partition coefficient (Wildman–Crippen LogP) is 1.90. The highest BCUT2D eigenvalue weighted by atomic mass is 33.1. The summed E-state index contributed by atoms with van der Waals surface area (Å²) in [7, 11) is 3.30. The maximum atomic E-state index is 5.41. The van der Waals surface area contributed by atoms with E-state index < -0.39 is 0 Å². The first-order valence-electron chi connectivity index (χ1n) is 3.22. The van der Waals surface area contributed by atoms with Gasteiger partial charge in [0.05, 0.1) is 6.10 Å². The van der Waals surface area contributed by atoms with E-state index >= 15 is 0 Å². The van der Waals surface area contributed by atoms with Crippen molar-refractivity contribution >= 4 is 34.6 Å². The molecular weight excluding hydrogens is 186 g/mol. The summed E-state index contributed by atoms with van der Waals surface area (Å²) in [5.41, 5.74) is 0. The Balaban J connectivity index is 1.91. The molecule has 1 aliphatic heterocycles. The zero-order valence-corrected chi connectivity index (χ0v) is 8.11. The summed E-state index contributed by atoms with van der Waals surface area (Å²) in [5.74, 6) is 1.07. The zero-order chi connectivity index (χ0) is 7.23. The first-order chi connectivity index (χ1) is 4.93.